The van der Waals surface area contributed by atoms with Crippen LogP contribution in [0.3, 0.4) is 0 Å². The Morgan fingerprint density at radius 1 is 1.25 bits per heavy atom. The summed E-state index contributed by atoms with van der Waals surface area (Å²) >= 11 is 1.38. The van der Waals surface area contributed by atoms with Gasteiger partial charge in [0.1, 0.15) is 0 Å². The molecule has 24 heavy (non-hydrogen) atoms. The van der Waals surface area contributed by atoms with Gasteiger partial charge in [0, 0.05) is 18.4 Å². The van der Waals surface area contributed by atoms with Gasteiger partial charge in [-0.1, -0.05) is 19.1 Å². The van der Waals surface area contributed by atoms with Gasteiger partial charge in [-0.25, -0.2) is 4.99 Å². The molecule has 0 aliphatic carbocycles. The Bertz CT molecular complexity index is 800. The van der Waals surface area contributed by atoms with Crippen LogP contribution in [0.15, 0.2) is 52.6 Å². The number of benzene rings is 1. The maximum absolute atomic E-state index is 12.1. The minimum absolute atomic E-state index is 0.0961. The number of amides is 1. The SMILES string of the molecule is CCc1ccc(N=C2NC(=O)/C(=C\c3ccn(C(C)C)c3)S2)cc1. The van der Waals surface area contributed by atoms with Crippen LogP contribution in [-0.4, -0.2) is 15.6 Å². The highest BCUT2D eigenvalue weighted by molar-refractivity contribution is 8.18. The molecule has 5 heteroatoms. The molecule has 1 fully saturated rings. The molecular formula is C19H21N3OS. The van der Waals surface area contributed by atoms with E-state index >= 15 is 0 Å². The summed E-state index contributed by atoms with van der Waals surface area (Å²) in [7, 11) is 0. The molecule has 0 bridgehead atoms. The third kappa shape index (κ3) is 3.79. The molecule has 0 atom stereocenters. The highest BCUT2D eigenvalue weighted by atomic mass is 32.2. The van der Waals surface area contributed by atoms with E-state index in [2.05, 4.69) is 47.8 Å². The summed E-state index contributed by atoms with van der Waals surface area (Å²) in [5, 5.41) is 3.45. The predicted molar refractivity (Wildman–Crippen MR) is 101 cm³/mol. The minimum Gasteiger partial charge on any atom is -0.351 e. The van der Waals surface area contributed by atoms with Crippen molar-refractivity contribution < 1.29 is 4.79 Å². The van der Waals surface area contributed by atoms with Crippen LogP contribution in [0, 0.1) is 0 Å². The van der Waals surface area contributed by atoms with Crippen molar-refractivity contribution in [3.8, 4) is 0 Å². The van der Waals surface area contributed by atoms with Crippen molar-refractivity contribution >= 4 is 34.6 Å². The van der Waals surface area contributed by atoms with Crippen molar-refractivity contribution in [2.45, 2.75) is 33.2 Å². The van der Waals surface area contributed by atoms with E-state index in [9.17, 15) is 4.79 Å². The number of hydrogen-bond donors (Lipinski definition) is 1. The lowest BCUT2D eigenvalue weighted by atomic mass is 10.2. The summed E-state index contributed by atoms with van der Waals surface area (Å²) in [5.41, 5.74) is 3.15. The van der Waals surface area contributed by atoms with E-state index in [1.165, 1.54) is 17.3 Å². The molecule has 1 aromatic carbocycles. The third-order valence-electron chi connectivity index (χ3n) is 3.86. The Kier molecular flexibility index (Phi) is 4.90. The first kappa shape index (κ1) is 16.6. The van der Waals surface area contributed by atoms with Crippen LogP contribution in [0.25, 0.3) is 6.08 Å². The van der Waals surface area contributed by atoms with E-state index in [4.69, 9.17) is 0 Å². The zero-order valence-electron chi connectivity index (χ0n) is 14.1. The molecule has 1 aliphatic rings. The van der Waals surface area contributed by atoms with E-state index in [0.29, 0.717) is 16.1 Å². The van der Waals surface area contributed by atoms with Gasteiger partial charge < -0.3 is 9.88 Å². The molecule has 1 aromatic heterocycles. The van der Waals surface area contributed by atoms with Crippen molar-refractivity contribution in [2.75, 3.05) is 0 Å². The van der Waals surface area contributed by atoms with E-state index in [1.54, 1.807) is 0 Å². The van der Waals surface area contributed by atoms with Gasteiger partial charge in [-0.2, -0.15) is 0 Å². The maximum Gasteiger partial charge on any atom is 0.264 e. The number of amidine groups is 1. The van der Waals surface area contributed by atoms with Crippen molar-refractivity contribution in [3.63, 3.8) is 0 Å². The normalized spacial score (nSPS) is 17.9. The summed E-state index contributed by atoms with van der Waals surface area (Å²) in [6, 6.07) is 10.5. The molecule has 0 radical (unpaired) electrons. The second-order valence-electron chi connectivity index (χ2n) is 5.99. The number of carbonyl (C=O) groups excluding carboxylic acids is 1. The topological polar surface area (TPSA) is 46.4 Å². The number of aryl methyl sites for hydroxylation is 1. The Balaban J connectivity index is 1.76. The lowest BCUT2D eigenvalue weighted by Crippen LogP contribution is -2.19. The number of rotatable bonds is 4. The van der Waals surface area contributed by atoms with Crippen LogP contribution in [0.1, 0.15) is 37.9 Å². The number of aliphatic imine (C=N–C) groups is 1. The van der Waals surface area contributed by atoms with Crippen LogP contribution in [0.4, 0.5) is 5.69 Å². The van der Waals surface area contributed by atoms with Gasteiger partial charge >= 0.3 is 0 Å². The van der Waals surface area contributed by atoms with Gasteiger partial charge in [0.05, 0.1) is 10.6 Å². The molecule has 124 valence electrons. The minimum atomic E-state index is -0.0961. The largest absolute Gasteiger partial charge is 0.351 e. The number of nitrogens with one attached hydrogen (secondary N) is 1. The number of hydrogen-bond acceptors (Lipinski definition) is 3. The first-order chi connectivity index (χ1) is 11.5. The second-order valence-corrected chi connectivity index (χ2v) is 7.02. The molecule has 4 nitrogen and oxygen atoms in total. The average Bonchev–Trinajstić information content (AvgIpc) is 3.16. The van der Waals surface area contributed by atoms with Crippen LogP contribution < -0.4 is 5.32 Å². The zero-order chi connectivity index (χ0) is 17.1. The zero-order valence-corrected chi connectivity index (χ0v) is 14.9. The summed E-state index contributed by atoms with van der Waals surface area (Å²) in [6.07, 6.45) is 6.98. The highest BCUT2D eigenvalue weighted by Gasteiger charge is 2.23. The van der Waals surface area contributed by atoms with Crippen LogP contribution in [0.2, 0.25) is 0 Å². The van der Waals surface area contributed by atoms with E-state index in [1.807, 2.05) is 36.7 Å². The third-order valence-corrected chi connectivity index (χ3v) is 4.77. The fourth-order valence-electron chi connectivity index (χ4n) is 2.39. The van der Waals surface area contributed by atoms with E-state index < -0.39 is 0 Å². The maximum atomic E-state index is 12.1. The van der Waals surface area contributed by atoms with Gasteiger partial charge in [0.2, 0.25) is 0 Å². The lowest BCUT2D eigenvalue weighted by molar-refractivity contribution is -0.115. The molecule has 2 heterocycles. The van der Waals surface area contributed by atoms with Crippen LogP contribution in [-0.2, 0) is 11.2 Å². The molecule has 2 aromatic rings. The molecule has 0 unspecified atom stereocenters. The molecule has 1 amide bonds. The number of nitrogens with zero attached hydrogens (tertiary/aromatic N) is 2. The molecule has 1 aliphatic heterocycles. The van der Waals surface area contributed by atoms with Crippen molar-refractivity contribution in [2.24, 2.45) is 4.99 Å². The smallest absolute Gasteiger partial charge is 0.264 e. The summed E-state index contributed by atoms with van der Waals surface area (Å²) in [4.78, 5) is 17.3. The van der Waals surface area contributed by atoms with Gasteiger partial charge in [0.25, 0.3) is 5.91 Å². The highest BCUT2D eigenvalue weighted by Crippen LogP contribution is 2.28. The summed E-state index contributed by atoms with van der Waals surface area (Å²) in [6.45, 7) is 6.38. The molecule has 3 rings (SSSR count). The summed E-state index contributed by atoms with van der Waals surface area (Å²) in [5.74, 6) is -0.0961. The Hall–Kier alpha value is -2.27. The molecule has 1 N–H and O–H groups in total. The van der Waals surface area contributed by atoms with Crippen molar-refractivity contribution in [1.82, 2.24) is 9.88 Å². The van der Waals surface area contributed by atoms with Gasteiger partial charge in [0.15, 0.2) is 5.17 Å². The van der Waals surface area contributed by atoms with Crippen LogP contribution >= 0.6 is 11.8 Å². The first-order valence-electron chi connectivity index (χ1n) is 8.11. The summed E-state index contributed by atoms with van der Waals surface area (Å²) < 4.78 is 2.12. The fraction of sp³-hybridized carbons (Fsp3) is 0.263. The first-order valence-corrected chi connectivity index (χ1v) is 8.93. The van der Waals surface area contributed by atoms with Crippen LogP contribution in [0.5, 0.6) is 0 Å². The van der Waals surface area contributed by atoms with Crippen molar-refractivity contribution in [1.29, 1.82) is 0 Å². The Labute approximate surface area is 146 Å². The number of aromatic nitrogens is 1. The second kappa shape index (κ2) is 7.09. The van der Waals surface area contributed by atoms with E-state index in [-0.39, 0.29) is 5.91 Å². The number of carbonyl (C=O) groups is 1. The molecule has 0 spiro atoms. The molecule has 1 saturated heterocycles. The fourth-order valence-corrected chi connectivity index (χ4v) is 3.23. The number of thioether (sulfide) groups is 1. The van der Waals surface area contributed by atoms with Gasteiger partial charge in [-0.3, -0.25) is 4.79 Å². The van der Waals surface area contributed by atoms with Gasteiger partial charge in [-0.05, 0) is 67.4 Å². The Morgan fingerprint density at radius 2 is 2.00 bits per heavy atom. The van der Waals surface area contributed by atoms with Crippen molar-refractivity contribution in [3.05, 3.63) is 58.8 Å². The standard InChI is InChI=1S/C19H21N3OS/c1-4-14-5-7-16(8-6-14)20-19-21-18(23)17(24-19)11-15-9-10-22(12-15)13(2)3/h5-13H,4H2,1-3H3,(H,20,21,23)/b17-11+. The monoisotopic (exact) mass is 339 g/mol. The Morgan fingerprint density at radius 3 is 2.62 bits per heavy atom. The quantitative estimate of drug-likeness (QED) is 0.832. The van der Waals surface area contributed by atoms with E-state index in [0.717, 1.165) is 17.7 Å². The lowest BCUT2D eigenvalue weighted by Gasteiger charge is -2.04. The predicted octanol–water partition coefficient (Wildman–Crippen LogP) is 4.52. The molecular weight excluding hydrogens is 318 g/mol. The van der Waals surface area contributed by atoms with Gasteiger partial charge in [-0.15, -0.1) is 0 Å². The average molecular weight is 339 g/mol. The molecule has 0 saturated carbocycles.